The molecule has 1 rings (SSSR count). The predicted molar refractivity (Wildman–Crippen MR) is 30.8 cm³/mol. The van der Waals surface area contributed by atoms with Crippen molar-refractivity contribution in [1.29, 1.82) is 0 Å². The number of nitrogens with zero attached hydrogens (tertiary/aromatic N) is 1. The zero-order chi connectivity index (χ0) is 7.40. The van der Waals surface area contributed by atoms with Crippen LogP contribution in [-0.4, -0.2) is 11.8 Å². The highest BCUT2D eigenvalue weighted by molar-refractivity contribution is 5.16. The van der Waals surface area contributed by atoms with Gasteiger partial charge in [0.25, 0.3) is 0 Å². The van der Waals surface area contributed by atoms with Crippen LogP contribution in [0.25, 0.3) is 0 Å². The third kappa shape index (κ3) is 1.65. The van der Waals surface area contributed by atoms with Crippen LogP contribution in [0.3, 0.4) is 0 Å². The summed E-state index contributed by atoms with van der Waals surface area (Å²) < 4.78 is 28.0. The average molecular weight is 145 g/mol. The molecule has 0 atom stereocenters. The van der Waals surface area contributed by atoms with E-state index in [1.807, 2.05) is 0 Å². The van der Waals surface area contributed by atoms with Crippen LogP contribution in [0.2, 0.25) is 0 Å². The number of alkyl halides is 1. The summed E-state index contributed by atoms with van der Waals surface area (Å²) in [6.45, 7) is -0.967. The first-order valence-electron chi connectivity index (χ1n) is 2.62. The molecule has 0 N–H and O–H groups in total. The summed E-state index contributed by atoms with van der Waals surface area (Å²) in [7, 11) is 0. The van der Waals surface area contributed by atoms with E-state index in [4.69, 9.17) is 0 Å². The minimum absolute atomic E-state index is 0.0995. The highest BCUT2D eigenvalue weighted by Gasteiger charge is 1.94. The first-order valence-corrected chi connectivity index (χ1v) is 2.62. The maximum absolute atomic E-state index is 12.2. The van der Waals surface area contributed by atoms with Crippen molar-refractivity contribution >= 4 is 0 Å². The van der Waals surface area contributed by atoms with Crippen molar-refractivity contribution in [3.63, 3.8) is 0 Å². The van der Waals surface area contributed by atoms with Crippen LogP contribution in [-0.2, 0) is 0 Å². The highest BCUT2D eigenvalue weighted by atomic mass is 19.1. The Balaban J connectivity index is 2.75. The van der Waals surface area contributed by atoms with Crippen LogP contribution in [0.4, 0.5) is 8.78 Å². The van der Waals surface area contributed by atoms with E-state index in [0.717, 1.165) is 12.3 Å². The minimum Gasteiger partial charge on any atom is -0.461 e. The van der Waals surface area contributed by atoms with Crippen molar-refractivity contribution in [1.82, 2.24) is 4.98 Å². The minimum atomic E-state index is -0.967. The Kier molecular flexibility index (Phi) is 2.15. The van der Waals surface area contributed by atoms with Crippen molar-refractivity contribution < 1.29 is 13.5 Å². The van der Waals surface area contributed by atoms with Gasteiger partial charge in [-0.3, -0.25) is 4.98 Å². The fourth-order valence-corrected chi connectivity index (χ4v) is 0.534. The Labute approximate surface area is 56.5 Å². The fourth-order valence-electron chi connectivity index (χ4n) is 0.534. The average Bonchev–Trinajstić information content (AvgIpc) is 1.88. The van der Waals surface area contributed by atoms with Gasteiger partial charge in [0.2, 0.25) is 6.86 Å². The smallest absolute Gasteiger partial charge is 0.228 e. The van der Waals surface area contributed by atoms with E-state index in [0.29, 0.717) is 0 Å². The van der Waals surface area contributed by atoms with Crippen molar-refractivity contribution in [2.24, 2.45) is 0 Å². The number of hydrogen-bond acceptors (Lipinski definition) is 2. The molecule has 1 heterocycles. The van der Waals surface area contributed by atoms with Crippen LogP contribution in [0.1, 0.15) is 0 Å². The first kappa shape index (κ1) is 6.92. The summed E-state index contributed by atoms with van der Waals surface area (Å²) in [5.41, 5.74) is 0. The molecule has 0 bridgehead atoms. The number of hydrogen-bond donors (Lipinski definition) is 0. The van der Waals surface area contributed by atoms with Gasteiger partial charge in [0.1, 0.15) is 11.6 Å². The first-order chi connectivity index (χ1) is 4.83. The number of ether oxygens (including phenoxy) is 1. The lowest BCUT2D eigenvalue weighted by molar-refractivity contribution is 0.190. The third-order valence-corrected chi connectivity index (χ3v) is 0.901. The lowest BCUT2D eigenvalue weighted by Gasteiger charge is -1.97. The Morgan fingerprint density at radius 1 is 1.50 bits per heavy atom. The molecule has 0 unspecified atom stereocenters. The van der Waals surface area contributed by atoms with Gasteiger partial charge < -0.3 is 4.74 Å². The molecule has 1 aromatic rings. The Morgan fingerprint density at radius 3 is 2.90 bits per heavy atom. The number of halogens is 2. The zero-order valence-electron chi connectivity index (χ0n) is 5.05. The summed E-state index contributed by atoms with van der Waals surface area (Å²) in [5.74, 6) is -0.437. The van der Waals surface area contributed by atoms with E-state index >= 15 is 0 Å². The molecule has 1 aromatic heterocycles. The molecule has 4 heteroatoms. The molecule has 54 valence electrons. The molecule has 0 aliphatic carbocycles. The summed E-state index contributed by atoms with van der Waals surface area (Å²) in [6.07, 6.45) is 2.26. The molecular formula is C6H5F2NO. The van der Waals surface area contributed by atoms with E-state index in [1.54, 1.807) is 0 Å². The van der Waals surface area contributed by atoms with Crippen LogP contribution in [0.15, 0.2) is 18.5 Å². The van der Waals surface area contributed by atoms with Gasteiger partial charge in [0.15, 0.2) is 0 Å². The molecule has 0 saturated heterocycles. The molecule has 0 aromatic carbocycles. The van der Waals surface area contributed by atoms with E-state index in [2.05, 4.69) is 9.72 Å². The summed E-state index contributed by atoms with van der Waals surface area (Å²) in [6, 6.07) is 1.06. The Bertz CT molecular complexity index is 217. The second-order valence-electron chi connectivity index (χ2n) is 1.59. The normalized spacial score (nSPS) is 9.40. The Morgan fingerprint density at radius 2 is 2.30 bits per heavy atom. The van der Waals surface area contributed by atoms with Crippen LogP contribution >= 0.6 is 0 Å². The van der Waals surface area contributed by atoms with Gasteiger partial charge in [-0.2, -0.15) is 0 Å². The molecule has 0 radical (unpaired) electrons. The van der Waals surface area contributed by atoms with Crippen molar-refractivity contribution in [2.75, 3.05) is 6.86 Å². The number of rotatable bonds is 2. The fraction of sp³-hybridized carbons (Fsp3) is 0.167. The maximum Gasteiger partial charge on any atom is 0.228 e. The third-order valence-electron chi connectivity index (χ3n) is 0.901. The monoisotopic (exact) mass is 145 g/mol. The predicted octanol–water partition coefficient (Wildman–Crippen LogP) is 1.53. The van der Waals surface area contributed by atoms with Crippen molar-refractivity contribution in [3.05, 3.63) is 24.3 Å². The maximum atomic E-state index is 12.2. The summed E-state index contributed by atoms with van der Waals surface area (Å²) in [5, 5.41) is 0. The SMILES string of the molecule is FCOc1cncc(F)c1. The largest absolute Gasteiger partial charge is 0.461 e. The van der Waals surface area contributed by atoms with E-state index in [9.17, 15) is 8.78 Å². The molecule has 10 heavy (non-hydrogen) atoms. The van der Waals surface area contributed by atoms with Crippen molar-refractivity contribution in [2.45, 2.75) is 0 Å². The van der Waals surface area contributed by atoms with E-state index < -0.39 is 12.7 Å². The second-order valence-corrected chi connectivity index (χ2v) is 1.59. The standard InChI is InChI=1S/C6H5F2NO/c7-4-10-6-1-5(8)2-9-3-6/h1-3H,4H2. The van der Waals surface area contributed by atoms with Gasteiger partial charge in [-0.1, -0.05) is 0 Å². The lowest BCUT2D eigenvalue weighted by Crippen LogP contribution is -1.90. The van der Waals surface area contributed by atoms with Crippen LogP contribution in [0, 0.1) is 5.82 Å². The molecule has 0 aliphatic heterocycles. The molecule has 0 amide bonds. The number of aromatic nitrogens is 1. The topological polar surface area (TPSA) is 22.1 Å². The molecule has 0 spiro atoms. The van der Waals surface area contributed by atoms with Gasteiger partial charge in [-0.15, -0.1) is 0 Å². The van der Waals surface area contributed by atoms with Gasteiger partial charge in [-0.25, -0.2) is 8.78 Å². The molecule has 2 nitrogen and oxygen atoms in total. The van der Waals surface area contributed by atoms with Crippen LogP contribution < -0.4 is 4.74 Å². The van der Waals surface area contributed by atoms with Crippen molar-refractivity contribution in [3.8, 4) is 5.75 Å². The van der Waals surface area contributed by atoms with Gasteiger partial charge in [-0.05, 0) is 0 Å². The van der Waals surface area contributed by atoms with Gasteiger partial charge >= 0.3 is 0 Å². The molecule has 0 fully saturated rings. The number of pyridine rings is 1. The quantitative estimate of drug-likeness (QED) is 0.629. The lowest BCUT2D eigenvalue weighted by atomic mass is 10.4. The van der Waals surface area contributed by atoms with Gasteiger partial charge in [0, 0.05) is 6.07 Å². The van der Waals surface area contributed by atoms with Gasteiger partial charge in [0.05, 0.1) is 12.4 Å². The molecule has 0 aliphatic rings. The molecular weight excluding hydrogens is 140 g/mol. The Hall–Kier alpha value is -1.19. The molecule has 0 saturated carbocycles. The zero-order valence-corrected chi connectivity index (χ0v) is 5.05. The summed E-state index contributed by atoms with van der Waals surface area (Å²) in [4.78, 5) is 3.44. The van der Waals surface area contributed by atoms with Crippen LogP contribution in [0.5, 0.6) is 5.75 Å². The second kappa shape index (κ2) is 3.10. The summed E-state index contributed by atoms with van der Waals surface area (Å²) >= 11 is 0. The van der Waals surface area contributed by atoms with E-state index in [-0.39, 0.29) is 5.75 Å². The highest BCUT2D eigenvalue weighted by Crippen LogP contribution is 2.08. The van der Waals surface area contributed by atoms with E-state index in [1.165, 1.54) is 6.20 Å².